The van der Waals surface area contributed by atoms with Crippen molar-refractivity contribution < 1.29 is 0 Å². The molecule has 0 bridgehead atoms. The van der Waals surface area contributed by atoms with E-state index in [1.807, 2.05) is 6.92 Å². The third-order valence-electron chi connectivity index (χ3n) is 2.61. The molecule has 1 saturated carbocycles. The molecule has 86 valence electrons. The van der Waals surface area contributed by atoms with Crippen LogP contribution in [-0.2, 0) is 0 Å². The van der Waals surface area contributed by atoms with Gasteiger partial charge in [-0.15, -0.1) is 0 Å². The summed E-state index contributed by atoms with van der Waals surface area (Å²) in [6.07, 6.45) is 2.45. The van der Waals surface area contributed by atoms with E-state index in [0.29, 0.717) is 12.0 Å². The standard InChI is InChI=1S/C12H23N3/c1-10(2)7-15(4)9-12(3,8-13)14-11-5-6-11/h10-11,14H,5-7,9H2,1-4H3. The van der Waals surface area contributed by atoms with E-state index in [1.165, 1.54) is 12.8 Å². The Labute approximate surface area is 93.5 Å². The zero-order valence-corrected chi connectivity index (χ0v) is 10.4. The highest BCUT2D eigenvalue weighted by Crippen LogP contribution is 2.22. The Kier molecular flexibility index (Phi) is 4.12. The van der Waals surface area contributed by atoms with Gasteiger partial charge in [-0.3, -0.25) is 5.32 Å². The summed E-state index contributed by atoms with van der Waals surface area (Å²) in [5.41, 5.74) is -0.384. The SMILES string of the molecule is CC(C)CN(C)CC(C)(C#N)NC1CC1. The minimum absolute atomic E-state index is 0.384. The fourth-order valence-electron chi connectivity index (χ4n) is 2.02. The molecule has 15 heavy (non-hydrogen) atoms. The van der Waals surface area contributed by atoms with Gasteiger partial charge in [-0.05, 0) is 32.7 Å². The van der Waals surface area contributed by atoms with Crippen LogP contribution >= 0.6 is 0 Å². The number of hydrogen-bond acceptors (Lipinski definition) is 3. The van der Waals surface area contributed by atoms with Crippen LogP contribution in [0.5, 0.6) is 0 Å². The van der Waals surface area contributed by atoms with Gasteiger partial charge in [-0.1, -0.05) is 13.8 Å². The molecule has 1 rings (SSSR count). The van der Waals surface area contributed by atoms with Gasteiger partial charge in [0, 0.05) is 19.1 Å². The Morgan fingerprint density at radius 2 is 2.13 bits per heavy atom. The van der Waals surface area contributed by atoms with Crippen LogP contribution < -0.4 is 5.32 Å². The minimum Gasteiger partial charge on any atom is -0.303 e. The molecule has 0 saturated heterocycles. The predicted molar refractivity (Wildman–Crippen MR) is 62.5 cm³/mol. The molecule has 0 aromatic rings. The highest BCUT2D eigenvalue weighted by Gasteiger charge is 2.33. The molecule has 1 fully saturated rings. The maximum absolute atomic E-state index is 9.21. The maximum Gasteiger partial charge on any atom is 0.116 e. The van der Waals surface area contributed by atoms with Crippen LogP contribution in [-0.4, -0.2) is 36.6 Å². The summed E-state index contributed by atoms with van der Waals surface area (Å²) in [5.74, 6) is 0.652. The molecule has 0 amide bonds. The molecule has 3 nitrogen and oxygen atoms in total. The van der Waals surface area contributed by atoms with Gasteiger partial charge in [0.15, 0.2) is 0 Å². The predicted octanol–water partition coefficient (Wildman–Crippen LogP) is 1.61. The molecule has 1 N–H and O–H groups in total. The summed E-state index contributed by atoms with van der Waals surface area (Å²) in [4.78, 5) is 2.24. The van der Waals surface area contributed by atoms with Crippen molar-refractivity contribution in [1.82, 2.24) is 10.2 Å². The van der Waals surface area contributed by atoms with Crippen molar-refractivity contribution in [2.75, 3.05) is 20.1 Å². The zero-order chi connectivity index (χ0) is 11.5. The van der Waals surface area contributed by atoms with Crippen molar-refractivity contribution >= 4 is 0 Å². The minimum atomic E-state index is -0.384. The topological polar surface area (TPSA) is 39.1 Å². The van der Waals surface area contributed by atoms with E-state index in [4.69, 9.17) is 0 Å². The van der Waals surface area contributed by atoms with Crippen LogP contribution in [0.3, 0.4) is 0 Å². The van der Waals surface area contributed by atoms with Gasteiger partial charge in [0.2, 0.25) is 0 Å². The lowest BCUT2D eigenvalue weighted by atomic mass is 10.0. The summed E-state index contributed by atoms with van der Waals surface area (Å²) in [6.45, 7) is 8.26. The van der Waals surface area contributed by atoms with Crippen molar-refractivity contribution in [3.8, 4) is 6.07 Å². The molecule has 1 aliphatic rings. The number of nitrogens with one attached hydrogen (secondary N) is 1. The first-order valence-electron chi connectivity index (χ1n) is 5.82. The zero-order valence-electron chi connectivity index (χ0n) is 10.4. The molecule has 0 aromatic carbocycles. The van der Waals surface area contributed by atoms with E-state index >= 15 is 0 Å². The average molecular weight is 209 g/mol. The van der Waals surface area contributed by atoms with E-state index < -0.39 is 0 Å². The number of likely N-dealkylation sites (N-methyl/N-ethyl adjacent to an activating group) is 1. The second-order valence-corrected chi connectivity index (χ2v) is 5.45. The van der Waals surface area contributed by atoms with Crippen molar-refractivity contribution in [3.05, 3.63) is 0 Å². The summed E-state index contributed by atoms with van der Waals surface area (Å²) < 4.78 is 0. The van der Waals surface area contributed by atoms with Crippen molar-refractivity contribution in [2.45, 2.75) is 45.2 Å². The third kappa shape index (κ3) is 4.63. The van der Waals surface area contributed by atoms with E-state index in [-0.39, 0.29) is 5.54 Å². The molecule has 0 aliphatic heterocycles. The number of nitriles is 1. The molecule has 1 unspecified atom stereocenters. The smallest absolute Gasteiger partial charge is 0.116 e. The van der Waals surface area contributed by atoms with Gasteiger partial charge in [0.25, 0.3) is 0 Å². The number of rotatable bonds is 6. The molecule has 1 atom stereocenters. The van der Waals surface area contributed by atoms with Crippen LogP contribution in [0.4, 0.5) is 0 Å². The van der Waals surface area contributed by atoms with Crippen LogP contribution in [0.15, 0.2) is 0 Å². The maximum atomic E-state index is 9.21. The van der Waals surface area contributed by atoms with Crippen LogP contribution in [0.2, 0.25) is 0 Å². The monoisotopic (exact) mass is 209 g/mol. The first kappa shape index (κ1) is 12.5. The Balaban J connectivity index is 2.40. The highest BCUT2D eigenvalue weighted by atomic mass is 15.2. The molecule has 0 aromatic heterocycles. The first-order valence-corrected chi connectivity index (χ1v) is 5.82. The third-order valence-corrected chi connectivity index (χ3v) is 2.61. The van der Waals surface area contributed by atoms with Gasteiger partial charge in [-0.25, -0.2) is 0 Å². The van der Waals surface area contributed by atoms with Crippen LogP contribution in [0.25, 0.3) is 0 Å². The van der Waals surface area contributed by atoms with Gasteiger partial charge >= 0.3 is 0 Å². The lowest BCUT2D eigenvalue weighted by Gasteiger charge is -2.29. The van der Waals surface area contributed by atoms with E-state index in [2.05, 4.69) is 37.2 Å². The summed E-state index contributed by atoms with van der Waals surface area (Å²) >= 11 is 0. The highest BCUT2D eigenvalue weighted by molar-refractivity contribution is 5.08. The van der Waals surface area contributed by atoms with Crippen molar-refractivity contribution in [2.24, 2.45) is 5.92 Å². The largest absolute Gasteiger partial charge is 0.303 e. The second kappa shape index (κ2) is 4.96. The number of nitrogens with zero attached hydrogens (tertiary/aromatic N) is 2. The molecular formula is C12H23N3. The lowest BCUT2D eigenvalue weighted by Crippen LogP contribution is -2.51. The lowest BCUT2D eigenvalue weighted by molar-refractivity contribution is 0.236. The number of hydrogen-bond donors (Lipinski definition) is 1. The molecule has 0 radical (unpaired) electrons. The summed E-state index contributed by atoms with van der Waals surface area (Å²) in [5, 5.41) is 12.6. The van der Waals surface area contributed by atoms with Crippen molar-refractivity contribution in [3.63, 3.8) is 0 Å². The first-order chi connectivity index (χ1) is 6.95. The second-order valence-electron chi connectivity index (χ2n) is 5.45. The molecule has 1 aliphatic carbocycles. The average Bonchev–Trinajstić information content (AvgIpc) is 2.86. The van der Waals surface area contributed by atoms with E-state index in [9.17, 15) is 5.26 Å². The van der Waals surface area contributed by atoms with Crippen LogP contribution in [0.1, 0.15) is 33.6 Å². The Morgan fingerprint density at radius 3 is 2.53 bits per heavy atom. The molecule has 0 spiro atoms. The normalized spacial score (nSPS) is 20.3. The van der Waals surface area contributed by atoms with Crippen LogP contribution in [0, 0.1) is 17.2 Å². The van der Waals surface area contributed by atoms with Gasteiger partial charge in [0.05, 0.1) is 6.07 Å². The fourth-order valence-corrected chi connectivity index (χ4v) is 2.02. The summed E-state index contributed by atoms with van der Waals surface area (Å²) in [6, 6.07) is 2.99. The van der Waals surface area contributed by atoms with Gasteiger partial charge < -0.3 is 4.90 Å². The Hall–Kier alpha value is -0.590. The molecule has 3 heteroatoms. The molecule has 0 heterocycles. The van der Waals surface area contributed by atoms with E-state index in [0.717, 1.165) is 13.1 Å². The Bertz CT molecular complexity index is 240. The quantitative estimate of drug-likeness (QED) is 0.722. The van der Waals surface area contributed by atoms with Crippen molar-refractivity contribution in [1.29, 1.82) is 5.26 Å². The Morgan fingerprint density at radius 1 is 1.53 bits per heavy atom. The van der Waals surface area contributed by atoms with Gasteiger partial charge in [-0.2, -0.15) is 5.26 Å². The van der Waals surface area contributed by atoms with E-state index in [1.54, 1.807) is 0 Å². The van der Waals surface area contributed by atoms with Gasteiger partial charge in [0.1, 0.15) is 5.54 Å². The molecular weight excluding hydrogens is 186 g/mol. The fraction of sp³-hybridized carbons (Fsp3) is 0.917. The summed E-state index contributed by atoms with van der Waals surface area (Å²) in [7, 11) is 2.09.